The smallest absolute Gasteiger partial charge is 0.220 e. The van der Waals surface area contributed by atoms with Crippen LogP contribution in [0.5, 0.6) is 0 Å². The maximum atomic E-state index is 13.1. The van der Waals surface area contributed by atoms with Crippen LogP contribution >= 0.6 is 11.5 Å². The molecule has 1 saturated heterocycles. The zero-order valence-electron chi connectivity index (χ0n) is 19.7. The van der Waals surface area contributed by atoms with E-state index < -0.39 is 0 Å². The highest BCUT2D eigenvalue weighted by Gasteiger charge is 2.21. The molecule has 0 spiro atoms. The first kappa shape index (κ1) is 24.6. The van der Waals surface area contributed by atoms with Gasteiger partial charge in [0.15, 0.2) is 0 Å². The summed E-state index contributed by atoms with van der Waals surface area (Å²) >= 11 is 1.43. The van der Waals surface area contributed by atoms with Gasteiger partial charge in [-0.1, -0.05) is 39.8 Å². The lowest BCUT2D eigenvalue weighted by Gasteiger charge is -2.34. The first-order valence-corrected chi connectivity index (χ1v) is 12.3. The molecule has 1 fully saturated rings. The monoisotopic (exact) mass is 461 g/mol. The summed E-state index contributed by atoms with van der Waals surface area (Å²) in [5, 5.41) is 4.03. The molecule has 2 aromatic rings. The molecule has 8 heteroatoms. The number of carbonyl (C=O) groups excluding carboxylic acids is 1. The molecule has 176 valence electrons. The topological polar surface area (TPSA) is 61.4 Å². The normalized spacial score (nSPS) is 16.2. The lowest BCUT2D eigenvalue weighted by atomic mass is 9.84. The van der Waals surface area contributed by atoms with Crippen LogP contribution in [0.1, 0.15) is 51.9 Å². The molecule has 1 aliphatic heterocycles. The van der Waals surface area contributed by atoms with Gasteiger partial charge in [-0.25, -0.2) is 9.37 Å². The lowest BCUT2D eigenvalue weighted by molar-refractivity contribution is -0.122. The summed E-state index contributed by atoms with van der Waals surface area (Å²) in [5.74, 6) is 1.11. The molecule has 1 aromatic heterocycles. The zero-order chi connectivity index (χ0) is 23.1. The van der Waals surface area contributed by atoms with Gasteiger partial charge in [-0.05, 0) is 35.4 Å². The number of benzene rings is 1. The highest BCUT2D eigenvalue weighted by atomic mass is 32.1. The maximum absolute atomic E-state index is 13.1. The van der Waals surface area contributed by atoms with Crippen molar-refractivity contribution in [3.05, 3.63) is 41.5 Å². The van der Waals surface area contributed by atoms with E-state index in [9.17, 15) is 9.18 Å². The first-order chi connectivity index (χ1) is 15.2. The van der Waals surface area contributed by atoms with E-state index in [1.807, 2.05) is 0 Å². The average molecular weight is 462 g/mol. The number of amides is 1. The number of halogens is 1. The van der Waals surface area contributed by atoms with Gasteiger partial charge >= 0.3 is 0 Å². The van der Waals surface area contributed by atoms with Crippen LogP contribution in [-0.2, 0) is 11.2 Å². The standard InChI is InChI=1S/C24H36FN5OS/c1-18(17-24(2,3)4)15-22(31)26-9-10-29-11-13-30(14-12-29)23-27-21(28-32-23)16-19-5-7-20(25)8-6-19/h5-8,18H,9-17H2,1-4H3,(H,26,31). The van der Waals surface area contributed by atoms with Crippen LogP contribution in [0.2, 0.25) is 0 Å². The summed E-state index contributed by atoms with van der Waals surface area (Å²) in [6.07, 6.45) is 2.27. The Kier molecular flexibility index (Phi) is 8.59. The van der Waals surface area contributed by atoms with Crippen molar-refractivity contribution in [2.75, 3.05) is 44.2 Å². The zero-order valence-corrected chi connectivity index (χ0v) is 20.6. The van der Waals surface area contributed by atoms with Crippen molar-refractivity contribution in [1.29, 1.82) is 0 Å². The Morgan fingerprint density at radius 2 is 1.88 bits per heavy atom. The van der Waals surface area contributed by atoms with Gasteiger partial charge in [-0.3, -0.25) is 9.69 Å². The average Bonchev–Trinajstić information content (AvgIpc) is 3.17. The molecule has 0 saturated carbocycles. The van der Waals surface area contributed by atoms with Gasteiger partial charge in [0.2, 0.25) is 11.0 Å². The van der Waals surface area contributed by atoms with Gasteiger partial charge in [0.05, 0.1) is 0 Å². The lowest BCUT2D eigenvalue weighted by Crippen LogP contribution is -2.48. The molecule has 0 radical (unpaired) electrons. The summed E-state index contributed by atoms with van der Waals surface area (Å²) in [4.78, 5) is 21.5. The van der Waals surface area contributed by atoms with E-state index in [1.54, 1.807) is 12.1 Å². The molecule has 6 nitrogen and oxygen atoms in total. The Labute approximate surface area is 195 Å². The van der Waals surface area contributed by atoms with E-state index in [1.165, 1.54) is 23.7 Å². The Balaban J connectivity index is 1.35. The minimum Gasteiger partial charge on any atom is -0.355 e. The number of hydrogen-bond donors (Lipinski definition) is 1. The van der Waals surface area contributed by atoms with Crippen LogP contribution in [0.25, 0.3) is 0 Å². The van der Waals surface area contributed by atoms with E-state index in [4.69, 9.17) is 0 Å². The number of carbonyl (C=O) groups is 1. The van der Waals surface area contributed by atoms with Gasteiger partial charge in [-0.2, -0.15) is 4.37 Å². The number of nitrogens with zero attached hydrogens (tertiary/aromatic N) is 4. The molecular formula is C24H36FN5OS. The van der Waals surface area contributed by atoms with Gasteiger partial charge in [0.25, 0.3) is 0 Å². The van der Waals surface area contributed by atoms with E-state index in [0.717, 1.165) is 55.7 Å². The molecular weight excluding hydrogens is 425 g/mol. The van der Waals surface area contributed by atoms with Crippen LogP contribution in [0, 0.1) is 17.2 Å². The fourth-order valence-corrected chi connectivity index (χ4v) is 4.99. The van der Waals surface area contributed by atoms with Crippen molar-refractivity contribution in [1.82, 2.24) is 19.6 Å². The molecule has 1 N–H and O–H groups in total. The third kappa shape index (κ3) is 8.13. The van der Waals surface area contributed by atoms with E-state index in [2.05, 4.69) is 52.2 Å². The Morgan fingerprint density at radius 3 is 2.53 bits per heavy atom. The number of aromatic nitrogens is 2. The number of anilines is 1. The van der Waals surface area contributed by atoms with Crippen molar-refractivity contribution < 1.29 is 9.18 Å². The fraction of sp³-hybridized carbons (Fsp3) is 0.625. The predicted octanol–water partition coefficient (Wildman–Crippen LogP) is 3.97. The maximum Gasteiger partial charge on any atom is 0.220 e. The molecule has 1 atom stereocenters. The van der Waals surface area contributed by atoms with Crippen molar-refractivity contribution in [2.45, 2.75) is 47.0 Å². The summed E-state index contributed by atoms with van der Waals surface area (Å²) in [5.41, 5.74) is 1.27. The first-order valence-electron chi connectivity index (χ1n) is 11.5. The summed E-state index contributed by atoms with van der Waals surface area (Å²) in [6.45, 7) is 14.1. The molecule has 1 unspecified atom stereocenters. The van der Waals surface area contributed by atoms with Gasteiger partial charge in [0.1, 0.15) is 11.6 Å². The Morgan fingerprint density at radius 1 is 1.19 bits per heavy atom. The van der Waals surface area contributed by atoms with Gasteiger partial charge < -0.3 is 10.2 Å². The second kappa shape index (κ2) is 11.2. The molecule has 1 aromatic carbocycles. The second-order valence-corrected chi connectivity index (χ2v) is 10.8. The third-order valence-electron chi connectivity index (χ3n) is 5.62. The summed E-state index contributed by atoms with van der Waals surface area (Å²) in [7, 11) is 0. The highest BCUT2D eigenvalue weighted by molar-refractivity contribution is 7.09. The largest absolute Gasteiger partial charge is 0.355 e. The minimum absolute atomic E-state index is 0.155. The molecule has 0 aliphatic carbocycles. The Hall–Kier alpha value is -2.06. The SMILES string of the molecule is CC(CC(=O)NCCN1CCN(c2nc(Cc3ccc(F)cc3)ns2)CC1)CC(C)(C)C. The molecule has 2 heterocycles. The van der Waals surface area contributed by atoms with Crippen molar-refractivity contribution in [3.63, 3.8) is 0 Å². The number of piperazine rings is 1. The van der Waals surface area contributed by atoms with Gasteiger partial charge in [0, 0.05) is 63.6 Å². The van der Waals surface area contributed by atoms with Crippen LogP contribution in [0.3, 0.4) is 0 Å². The van der Waals surface area contributed by atoms with Crippen molar-refractivity contribution in [3.8, 4) is 0 Å². The van der Waals surface area contributed by atoms with Crippen LogP contribution in [0.15, 0.2) is 24.3 Å². The van der Waals surface area contributed by atoms with Gasteiger partial charge in [-0.15, -0.1) is 0 Å². The summed E-state index contributed by atoms with van der Waals surface area (Å²) < 4.78 is 17.5. The number of hydrogen-bond acceptors (Lipinski definition) is 6. The highest BCUT2D eigenvalue weighted by Crippen LogP contribution is 2.25. The number of nitrogens with one attached hydrogen (secondary N) is 1. The van der Waals surface area contributed by atoms with E-state index in [0.29, 0.717) is 25.3 Å². The summed E-state index contributed by atoms with van der Waals surface area (Å²) in [6, 6.07) is 6.49. The fourth-order valence-electron chi connectivity index (χ4n) is 4.25. The van der Waals surface area contributed by atoms with Crippen molar-refractivity contribution in [2.24, 2.45) is 11.3 Å². The van der Waals surface area contributed by atoms with Crippen LogP contribution in [-0.4, -0.2) is 59.4 Å². The third-order valence-corrected chi connectivity index (χ3v) is 6.44. The molecule has 3 rings (SSSR count). The van der Waals surface area contributed by atoms with Crippen LogP contribution < -0.4 is 10.2 Å². The number of rotatable bonds is 9. The second-order valence-electron chi connectivity index (χ2n) is 10.0. The van der Waals surface area contributed by atoms with E-state index >= 15 is 0 Å². The predicted molar refractivity (Wildman–Crippen MR) is 129 cm³/mol. The Bertz CT molecular complexity index is 856. The quantitative estimate of drug-likeness (QED) is 0.612. The molecule has 1 aliphatic rings. The molecule has 1 amide bonds. The van der Waals surface area contributed by atoms with Crippen LogP contribution in [0.4, 0.5) is 9.52 Å². The molecule has 32 heavy (non-hydrogen) atoms. The van der Waals surface area contributed by atoms with Crippen molar-refractivity contribution >= 4 is 22.6 Å². The molecule has 0 bridgehead atoms. The minimum atomic E-state index is -0.229. The van der Waals surface area contributed by atoms with E-state index in [-0.39, 0.29) is 17.1 Å².